The van der Waals surface area contributed by atoms with E-state index in [-0.39, 0.29) is 51.8 Å². The van der Waals surface area contributed by atoms with E-state index in [2.05, 4.69) is 43.8 Å². The van der Waals surface area contributed by atoms with Crippen molar-refractivity contribution in [2.45, 2.75) is 101 Å². The van der Waals surface area contributed by atoms with E-state index in [4.69, 9.17) is 21.1 Å². The maximum absolute atomic E-state index is 13.4. The molecule has 2 fully saturated rings. The van der Waals surface area contributed by atoms with E-state index in [1.54, 1.807) is 56.3 Å². The number of hydrogen-bond donors (Lipinski definition) is 3. The number of ether oxygens (including phenoxy) is 2. The minimum Gasteiger partial charge on any atom is -0.493 e. The molecule has 0 saturated carbocycles. The predicted molar refractivity (Wildman–Crippen MR) is 236 cm³/mol. The molecule has 17 heteroatoms. The highest BCUT2D eigenvalue weighted by Crippen LogP contribution is 2.39. The van der Waals surface area contributed by atoms with Gasteiger partial charge in [0, 0.05) is 6.42 Å². The van der Waals surface area contributed by atoms with Gasteiger partial charge in [0.25, 0.3) is 11.8 Å². The van der Waals surface area contributed by atoms with Crippen molar-refractivity contribution in [3.63, 3.8) is 0 Å². The van der Waals surface area contributed by atoms with Crippen molar-refractivity contribution < 1.29 is 37.1 Å². The number of likely N-dealkylation sites (tertiary alicyclic amines) is 1. The average molecular weight is 886 g/mol. The zero-order chi connectivity index (χ0) is 44.3. The van der Waals surface area contributed by atoms with Crippen LogP contribution in [0.4, 0.5) is 23.1 Å². The third-order valence-electron chi connectivity index (χ3n) is 11.4. The molecule has 4 heterocycles. The lowest BCUT2D eigenvalue weighted by molar-refractivity contribution is -0.136. The number of rotatable bonds is 16. The van der Waals surface area contributed by atoms with Gasteiger partial charge in [-0.05, 0) is 140 Å². The first-order valence-electron chi connectivity index (χ1n) is 21.0. The van der Waals surface area contributed by atoms with Crippen LogP contribution < -0.4 is 25.4 Å². The van der Waals surface area contributed by atoms with Crippen LogP contribution in [0.1, 0.15) is 104 Å². The van der Waals surface area contributed by atoms with Crippen LogP contribution in [0.25, 0.3) is 0 Å². The molecule has 0 bridgehead atoms. The molecule has 3 N–H and O–H groups in total. The van der Waals surface area contributed by atoms with Crippen LogP contribution >= 0.6 is 11.6 Å². The monoisotopic (exact) mass is 885 g/mol. The summed E-state index contributed by atoms with van der Waals surface area (Å²) in [6, 6.07) is 14.7. The molecule has 1 unspecified atom stereocenters. The van der Waals surface area contributed by atoms with Crippen molar-refractivity contribution in [2.24, 2.45) is 0 Å². The second-order valence-corrected chi connectivity index (χ2v) is 19.3. The molecule has 0 aliphatic carbocycles. The fourth-order valence-electron chi connectivity index (χ4n) is 8.12. The van der Waals surface area contributed by atoms with Crippen LogP contribution in [0.15, 0.2) is 65.7 Å². The topological polar surface area (TPSA) is 189 Å². The maximum Gasteiger partial charge on any atom is 0.266 e. The Bertz CT molecular complexity index is 2490. The lowest BCUT2D eigenvalue weighted by Gasteiger charge is -2.33. The lowest BCUT2D eigenvalue weighted by Crippen LogP contribution is -2.54. The summed E-state index contributed by atoms with van der Waals surface area (Å²) in [7, 11) is -3.58. The number of carbonyl (C=O) groups excluding carboxylic acids is 4. The molecule has 4 aromatic rings. The second-order valence-electron chi connectivity index (χ2n) is 16.4. The molecule has 0 radical (unpaired) electrons. The van der Waals surface area contributed by atoms with Crippen LogP contribution in [-0.4, -0.2) is 95.5 Å². The van der Waals surface area contributed by atoms with Gasteiger partial charge >= 0.3 is 0 Å². The van der Waals surface area contributed by atoms with E-state index in [0.717, 1.165) is 55.8 Å². The molecule has 4 amide bonds. The van der Waals surface area contributed by atoms with Crippen LogP contribution in [-0.2, 0) is 19.4 Å². The van der Waals surface area contributed by atoms with Gasteiger partial charge in [-0.2, -0.15) is 4.98 Å². The summed E-state index contributed by atoms with van der Waals surface area (Å²) in [5.74, 6) is -0.374. The maximum atomic E-state index is 13.4. The number of fused-ring (bicyclic) bond motifs is 1. The highest BCUT2D eigenvalue weighted by molar-refractivity contribution is 7.92. The van der Waals surface area contributed by atoms with Crippen LogP contribution in [0.3, 0.4) is 0 Å². The number of nitrogens with one attached hydrogen (secondary N) is 3. The molecular formula is C45H52ClN7O8S. The summed E-state index contributed by atoms with van der Waals surface area (Å²) in [6.07, 6.45) is 5.10. The summed E-state index contributed by atoms with van der Waals surface area (Å²) in [6.45, 7) is 12.4. The fraction of sp³-hybridized carbons (Fsp3) is 0.422. The Morgan fingerprint density at radius 1 is 0.903 bits per heavy atom. The third-order valence-corrected chi connectivity index (χ3v) is 13.9. The van der Waals surface area contributed by atoms with Crippen molar-refractivity contribution in [1.29, 1.82) is 0 Å². The molecule has 3 aliphatic heterocycles. The van der Waals surface area contributed by atoms with Crippen LogP contribution in [0.5, 0.6) is 11.5 Å². The molecule has 328 valence electrons. The SMILES string of the molecule is Cc1cc(Nc2ncc(Cl)c(Nc3ccccc3S(=O)(=O)C(C)C)n2)c(OC(C)C)cc1C1CCN(CCCCOc2cccc3c2C(=O)N(C2CCC(=O)NC2=O)C3=O)CC1. The zero-order valence-corrected chi connectivity index (χ0v) is 37.1. The minimum absolute atomic E-state index is 0.0576. The number of amides is 4. The van der Waals surface area contributed by atoms with Crippen LogP contribution in [0, 0.1) is 6.92 Å². The minimum atomic E-state index is -3.58. The Hall–Kier alpha value is -5.58. The molecule has 2 saturated heterocycles. The van der Waals surface area contributed by atoms with E-state index in [1.807, 2.05) is 19.9 Å². The van der Waals surface area contributed by atoms with Crippen molar-refractivity contribution in [3.05, 3.63) is 88.1 Å². The summed E-state index contributed by atoms with van der Waals surface area (Å²) >= 11 is 6.51. The number of benzene rings is 3. The van der Waals surface area contributed by atoms with Gasteiger partial charge in [0.15, 0.2) is 15.7 Å². The second kappa shape index (κ2) is 18.8. The first kappa shape index (κ1) is 44.5. The van der Waals surface area contributed by atoms with E-state index in [0.29, 0.717) is 35.4 Å². The number of unbranched alkanes of at least 4 members (excludes halogenated alkanes) is 1. The smallest absolute Gasteiger partial charge is 0.266 e. The number of sulfone groups is 1. The molecular weight excluding hydrogens is 834 g/mol. The number of aryl methyl sites for hydroxylation is 1. The molecule has 1 atom stereocenters. The molecule has 3 aliphatic rings. The normalized spacial score (nSPS) is 17.4. The standard InChI is InChI=1S/C45H52ClN7O8S/c1-26(2)61-37-24-31(28(5)23-34(37)49-45-47-25-32(46)41(51-45)48-33-12-6-7-14-38(33)62(58,59)27(3)4)29-17-20-52(21-18-29)19-8-9-22-60-36-13-10-11-30-40(36)44(57)53(43(30)56)35-15-16-39(54)50-42(35)55/h6-7,10-14,23-27,29,35H,8-9,15-22H2,1-5H3,(H,50,54,55)(H2,47,48,49,51). The van der Waals surface area contributed by atoms with Gasteiger partial charge in [-0.15, -0.1) is 0 Å². The van der Waals surface area contributed by atoms with Crippen molar-refractivity contribution in [2.75, 3.05) is 36.9 Å². The number of nitrogens with zero attached hydrogens (tertiary/aromatic N) is 4. The Morgan fingerprint density at radius 2 is 1.66 bits per heavy atom. The van der Waals surface area contributed by atoms with Gasteiger partial charge in [-0.1, -0.05) is 29.8 Å². The number of halogens is 1. The summed E-state index contributed by atoms with van der Waals surface area (Å²) in [4.78, 5) is 63.3. The first-order chi connectivity index (χ1) is 29.6. The van der Waals surface area contributed by atoms with E-state index < -0.39 is 44.8 Å². The average Bonchev–Trinajstić information content (AvgIpc) is 3.49. The Kier molecular flexibility index (Phi) is 13.5. The molecule has 3 aromatic carbocycles. The summed E-state index contributed by atoms with van der Waals surface area (Å²) in [5.41, 5.74) is 3.74. The number of carbonyl (C=O) groups is 4. The summed E-state index contributed by atoms with van der Waals surface area (Å²) in [5, 5.41) is 8.25. The van der Waals surface area contributed by atoms with Gasteiger partial charge in [-0.3, -0.25) is 29.4 Å². The van der Waals surface area contributed by atoms with Crippen molar-refractivity contribution in [3.8, 4) is 11.5 Å². The highest BCUT2D eigenvalue weighted by Gasteiger charge is 2.46. The number of hydrogen-bond acceptors (Lipinski definition) is 13. The molecule has 7 rings (SSSR count). The van der Waals surface area contributed by atoms with Gasteiger partial charge in [0.1, 0.15) is 22.6 Å². The summed E-state index contributed by atoms with van der Waals surface area (Å²) < 4.78 is 38.5. The molecule has 0 spiro atoms. The van der Waals surface area contributed by atoms with Gasteiger partial charge in [0.2, 0.25) is 17.8 Å². The third kappa shape index (κ3) is 9.57. The molecule has 15 nitrogen and oxygen atoms in total. The Morgan fingerprint density at radius 3 is 2.39 bits per heavy atom. The fourth-order valence-corrected chi connectivity index (χ4v) is 9.46. The van der Waals surface area contributed by atoms with Gasteiger partial charge < -0.3 is 25.0 Å². The number of piperidine rings is 2. The van der Waals surface area contributed by atoms with Gasteiger partial charge in [-0.25, -0.2) is 13.4 Å². The van der Waals surface area contributed by atoms with E-state index in [1.165, 1.54) is 11.8 Å². The molecule has 62 heavy (non-hydrogen) atoms. The number of anilines is 4. The first-order valence-corrected chi connectivity index (χ1v) is 22.9. The van der Waals surface area contributed by atoms with Crippen molar-refractivity contribution >= 4 is 68.2 Å². The number of imide groups is 2. The predicted octanol–water partition coefficient (Wildman–Crippen LogP) is 7.33. The van der Waals surface area contributed by atoms with E-state index in [9.17, 15) is 27.6 Å². The van der Waals surface area contributed by atoms with Crippen molar-refractivity contribution in [1.82, 2.24) is 25.1 Å². The zero-order valence-electron chi connectivity index (χ0n) is 35.5. The van der Waals surface area contributed by atoms with Gasteiger partial charge in [0.05, 0.1) is 51.6 Å². The number of para-hydroxylation sites is 1. The Labute approximate surface area is 366 Å². The largest absolute Gasteiger partial charge is 0.493 e. The van der Waals surface area contributed by atoms with Crippen LogP contribution in [0.2, 0.25) is 5.02 Å². The number of aromatic nitrogens is 2. The quantitative estimate of drug-likeness (QED) is 0.0750. The lowest BCUT2D eigenvalue weighted by atomic mass is 9.86. The highest BCUT2D eigenvalue weighted by atomic mass is 35.5. The van der Waals surface area contributed by atoms with E-state index >= 15 is 0 Å². The molecule has 1 aromatic heterocycles. The Balaban J connectivity index is 0.938.